The summed E-state index contributed by atoms with van der Waals surface area (Å²) in [5.41, 5.74) is 0. The predicted molar refractivity (Wildman–Crippen MR) is 61.6 cm³/mol. The van der Waals surface area contributed by atoms with Crippen LogP contribution in [0.25, 0.3) is 0 Å². The van der Waals surface area contributed by atoms with Crippen molar-refractivity contribution in [3.8, 4) is 0 Å². The Bertz CT molecular complexity index is 258. The maximum Gasteiger partial charge on any atom is 0.216 e. The molecular weight excluding hydrogens is 216 g/mol. The first kappa shape index (κ1) is 12.5. The van der Waals surface area contributed by atoms with Gasteiger partial charge in [-0.3, -0.25) is 9.59 Å². The van der Waals surface area contributed by atoms with Crippen LogP contribution in [-0.4, -0.2) is 34.5 Å². The van der Waals surface area contributed by atoms with Crippen molar-refractivity contribution in [2.45, 2.75) is 33.3 Å². The molecule has 0 aromatic carbocycles. The van der Waals surface area contributed by atoms with E-state index in [0.29, 0.717) is 12.3 Å². The van der Waals surface area contributed by atoms with Crippen molar-refractivity contribution in [1.82, 2.24) is 5.32 Å². The van der Waals surface area contributed by atoms with Crippen molar-refractivity contribution >= 4 is 22.8 Å². The van der Waals surface area contributed by atoms with Crippen molar-refractivity contribution < 1.29 is 16.1 Å². The van der Waals surface area contributed by atoms with Crippen LogP contribution in [0.1, 0.15) is 28.6 Å². The molecule has 0 rings (SSSR count). The number of rotatable bonds is 6. The minimum absolute atomic E-state index is 0.133. The van der Waals surface area contributed by atoms with Gasteiger partial charge in [0.2, 0.25) is 5.91 Å². The summed E-state index contributed by atoms with van der Waals surface area (Å²) in [6, 6.07) is 0. The zero-order valence-electron chi connectivity index (χ0n) is 10.4. The molecular formula is C10H19NO3S. The molecule has 0 aliphatic carbocycles. The van der Waals surface area contributed by atoms with Gasteiger partial charge in [0.05, 0.1) is 13.4 Å². The molecule has 0 unspecified atom stereocenters. The molecule has 0 aromatic rings. The summed E-state index contributed by atoms with van der Waals surface area (Å²) in [6.45, 7) is 5.04. The van der Waals surface area contributed by atoms with Gasteiger partial charge >= 0.3 is 0 Å². The first-order chi connectivity index (χ1) is 7.31. The fourth-order valence-electron chi connectivity index (χ4n) is 0.946. The van der Waals surface area contributed by atoms with Crippen molar-refractivity contribution in [2.24, 2.45) is 5.92 Å². The average molecular weight is 236 g/mol. The lowest BCUT2D eigenvalue weighted by molar-refractivity contribution is -0.119. The summed E-state index contributed by atoms with van der Waals surface area (Å²) >= 11 is 1.04. The van der Waals surface area contributed by atoms with Gasteiger partial charge in [-0.1, -0.05) is 25.6 Å². The minimum atomic E-state index is -1.70. The summed E-state index contributed by atoms with van der Waals surface area (Å²) in [4.78, 5) is 22.1. The Morgan fingerprint density at radius 1 is 1.60 bits per heavy atom. The van der Waals surface area contributed by atoms with Crippen LogP contribution < -0.4 is 5.32 Å². The first-order valence-electron chi connectivity index (χ1n) is 5.44. The Balaban J connectivity index is 3.93. The predicted octanol–water partition coefficient (Wildman–Crippen LogP) is 0.789. The molecule has 0 aliphatic heterocycles. The Kier molecular flexibility index (Phi) is 6.43. The molecule has 1 amide bonds. The third kappa shape index (κ3) is 6.52. The second-order valence-electron chi connectivity index (χ2n) is 3.22. The fraction of sp³-hybridized carbons (Fsp3) is 0.800. The molecule has 0 spiro atoms. The standard InChI is InChI=1S/C10H19NO3S/c1-4-9(13)7(2)10(14)15-6-5-11-8(3)12/h7,9,13H,4-6H2,1-3H3,(H,11,12)/t7-,9-/m1/s1/i7+1,9+1D. The molecule has 4 nitrogen and oxygen atoms in total. The van der Waals surface area contributed by atoms with Crippen LogP contribution in [0.4, 0.5) is 0 Å². The Hall–Kier alpha value is -0.550. The maximum atomic E-state index is 11.6. The molecule has 88 valence electrons. The van der Waals surface area contributed by atoms with E-state index in [1.165, 1.54) is 6.92 Å². The lowest BCUT2D eigenvalue weighted by Gasteiger charge is -2.15. The van der Waals surface area contributed by atoms with Gasteiger partial charge in [0, 0.05) is 19.2 Å². The SMILES string of the molecule is [2H][13C@@](O)(CC)[13C@@H](C)C(=O)SCCNC(C)=O. The Morgan fingerprint density at radius 2 is 2.20 bits per heavy atom. The Morgan fingerprint density at radius 3 is 2.67 bits per heavy atom. The number of hydrogen-bond acceptors (Lipinski definition) is 4. The normalized spacial score (nSPS) is 17.5. The van der Waals surface area contributed by atoms with Crippen LogP contribution in [-0.2, 0) is 9.59 Å². The average Bonchev–Trinajstić information content (AvgIpc) is 2.22. The number of carbonyl (C=O) groups is 2. The summed E-state index contributed by atoms with van der Waals surface area (Å²) in [7, 11) is 0. The van der Waals surface area contributed by atoms with Crippen molar-refractivity contribution in [1.29, 1.82) is 0 Å². The molecule has 0 fully saturated rings. The van der Waals surface area contributed by atoms with Crippen LogP contribution in [0.3, 0.4) is 0 Å². The number of amides is 1. The van der Waals surface area contributed by atoms with E-state index in [2.05, 4.69) is 5.32 Å². The summed E-state index contributed by atoms with van der Waals surface area (Å²) < 4.78 is 7.51. The van der Waals surface area contributed by atoms with Gasteiger partial charge in [-0.2, -0.15) is 0 Å². The van der Waals surface area contributed by atoms with E-state index < -0.39 is 12.0 Å². The van der Waals surface area contributed by atoms with E-state index in [-0.39, 0.29) is 17.4 Å². The summed E-state index contributed by atoms with van der Waals surface area (Å²) in [6.07, 6.45) is -1.48. The second-order valence-corrected chi connectivity index (χ2v) is 4.32. The zero-order valence-corrected chi connectivity index (χ0v) is 10.2. The number of nitrogens with one attached hydrogen (secondary N) is 1. The maximum absolute atomic E-state index is 11.6. The van der Waals surface area contributed by atoms with Crippen LogP contribution in [0.2, 0.25) is 0 Å². The lowest BCUT2D eigenvalue weighted by Crippen LogP contribution is -2.26. The van der Waals surface area contributed by atoms with Gasteiger partial charge in [0.15, 0.2) is 5.12 Å². The number of carbonyl (C=O) groups excluding carboxylic acids is 2. The summed E-state index contributed by atoms with van der Waals surface area (Å²) in [5, 5.41) is 11.9. The van der Waals surface area contributed by atoms with Gasteiger partial charge in [-0.05, 0) is 6.42 Å². The van der Waals surface area contributed by atoms with E-state index in [1.54, 1.807) is 13.8 Å². The van der Waals surface area contributed by atoms with Crippen molar-refractivity contribution in [3.63, 3.8) is 0 Å². The van der Waals surface area contributed by atoms with Crippen LogP contribution in [0.15, 0.2) is 0 Å². The first-order valence-corrected chi connectivity index (χ1v) is 5.93. The largest absolute Gasteiger partial charge is 0.392 e. The number of thioether (sulfide) groups is 1. The molecule has 15 heavy (non-hydrogen) atoms. The highest BCUT2D eigenvalue weighted by Gasteiger charge is 2.20. The third-order valence-electron chi connectivity index (χ3n) is 1.94. The molecule has 2 N–H and O–H groups in total. The highest BCUT2D eigenvalue weighted by Crippen LogP contribution is 2.15. The van der Waals surface area contributed by atoms with Gasteiger partial charge < -0.3 is 10.4 Å². The molecule has 2 atom stereocenters. The van der Waals surface area contributed by atoms with E-state index >= 15 is 0 Å². The molecule has 0 radical (unpaired) electrons. The number of hydrogen-bond donors (Lipinski definition) is 2. The van der Waals surface area contributed by atoms with Gasteiger partial charge in [0.25, 0.3) is 0 Å². The zero-order chi connectivity index (χ0) is 12.8. The van der Waals surface area contributed by atoms with E-state index in [9.17, 15) is 14.7 Å². The smallest absolute Gasteiger partial charge is 0.216 e. The molecule has 0 saturated heterocycles. The monoisotopic (exact) mass is 236 g/mol. The number of aliphatic hydroxyl groups is 1. The van der Waals surface area contributed by atoms with E-state index in [1.807, 2.05) is 0 Å². The molecule has 5 heteroatoms. The van der Waals surface area contributed by atoms with Crippen LogP contribution in [0, 0.1) is 5.92 Å². The Labute approximate surface area is 96.2 Å². The highest BCUT2D eigenvalue weighted by atomic mass is 32.2. The van der Waals surface area contributed by atoms with Crippen LogP contribution in [0.5, 0.6) is 0 Å². The minimum Gasteiger partial charge on any atom is -0.392 e. The molecule has 0 aliphatic rings. The van der Waals surface area contributed by atoms with E-state index in [4.69, 9.17) is 1.37 Å². The molecule has 0 saturated carbocycles. The van der Waals surface area contributed by atoms with Gasteiger partial charge in [-0.25, -0.2) is 0 Å². The second kappa shape index (κ2) is 7.70. The van der Waals surface area contributed by atoms with Crippen molar-refractivity contribution in [3.05, 3.63) is 0 Å². The molecule has 0 heterocycles. The molecule has 0 aromatic heterocycles. The topological polar surface area (TPSA) is 66.4 Å². The van der Waals surface area contributed by atoms with Gasteiger partial charge in [-0.15, -0.1) is 0 Å². The van der Waals surface area contributed by atoms with Gasteiger partial charge in [0.1, 0.15) is 0 Å². The summed E-state index contributed by atoms with van der Waals surface area (Å²) in [5.74, 6) is -0.394. The highest BCUT2D eigenvalue weighted by molar-refractivity contribution is 8.13. The van der Waals surface area contributed by atoms with Crippen molar-refractivity contribution in [2.75, 3.05) is 12.3 Å². The lowest BCUT2D eigenvalue weighted by atomic mass is 10.5. The van der Waals surface area contributed by atoms with E-state index in [0.717, 1.165) is 11.8 Å². The fourth-order valence-corrected chi connectivity index (χ4v) is 1.74. The third-order valence-corrected chi connectivity index (χ3v) is 2.98. The quantitative estimate of drug-likeness (QED) is 0.528. The van der Waals surface area contributed by atoms with Crippen LogP contribution >= 0.6 is 11.8 Å². The molecule has 0 bridgehead atoms.